The molecule has 1 aliphatic carbocycles. The Hall–Kier alpha value is -0.540. The third-order valence-electron chi connectivity index (χ3n) is 3.58. The van der Waals surface area contributed by atoms with Crippen LogP contribution >= 0.6 is 11.6 Å². The van der Waals surface area contributed by atoms with Crippen molar-refractivity contribution in [3.05, 3.63) is 11.8 Å². The van der Waals surface area contributed by atoms with Crippen molar-refractivity contribution in [3.8, 4) is 0 Å². The van der Waals surface area contributed by atoms with Crippen molar-refractivity contribution in [2.45, 2.75) is 47.5 Å². The van der Waals surface area contributed by atoms with Gasteiger partial charge in [-0.15, -0.1) is 11.6 Å². The van der Waals surface area contributed by atoms with Gasteiger partial charge in [0.15, 0.2) is 0 Å². The Morgan fingerprint density at radius 3 is 2.55 bits per heavy atom. The fraction of sp³-hybridized carbons (Fsp3) is 0.812. The normalized spacial score (nSPS) is 20.4. The zero-order chi connectivity index (χ0) is 15.4. The number of nitrogens with zero attached hydrogens (tertiary/aromatic N) is 1. The minimum atomic E-state index is -0.0360. The summed E-state index contributed by atoms with van der Waals surface area (Å²) in [6, 6.07) is 0. The second-order valence-electron chi connectivity index (χ2n) is 7.02. The molecule has 0 aliphatic heterocycles. The predicted molar refractivity (Wildman–Crippen MR) is 83.8 cm³/mol. The first-order valence-corrected chi connectivity index (χ1v) is 7.90. The van der Waals surface area contributed by atoms with Crippen LogP contribution in [-0.2, 0) is 9.53 Å². The first kappa shape index (κ1) is 17.5. The highest BCUT2D eigenvalue weighted by atomic mass is 35.5. The van der Waals surface area contributed by atoms with E-state index in [4.69, 9.17) is 16.3 Å². The van der Waals surface area contributed by atoms with E-state index in [0.29, 0.717) is 19.8 Å². The molecule has 0 atom stereocenters. The molecule has 1 rings (SSSR count). The van der Waals surface area contributed by atoms with Crippen molar-refractivity contribution in [3.63, 3.8) is 0 Å². The van der Waals surface area contributed by atoms with Crippen LogP contribution in [0.15, 0.2) is 11.8 Å². The Morgan fingerprint density at radius 2 is 2.05 bits per heavy atom. The van der Waals surface area contributed by atoms with Gasteiger partial charge in [-0.3, -0.25) is 4.79 Å². The van der Waals surface area contributed by atoms with Crippen LogP contribution in [0, 0.1) is 10.8 Å². The summed E-state index contributed by atoms with van der Waals surface area (Å²) in [5.74, 6) is -0.0178. The Kier molecular flexibility index (Phi) is 6.08. The first-order chi connectivity index (χ1) is 9.21. The summed E-state index contributed by atoms with van der Waals surface area (Å²) in [6.45, 7) is 12.7. The molecule has 20 heavy (non-hydrogen) atoms. The number of ether oxygens (including phenoxy) is 1. The van der Waals surface area contributed by atoms with Crippen LogP contribution in [0.1, 0.15) is 47.5 Å². The lowest BCUT2D eigenvalue weighted by Gasteiger charge is -2.42. The van der Waals surface area contributed by atoms with Crippen LogP contribution in [0.3, 0.4) is 0 Å². The number of hydrogen-bond donors (Lipinski definition) is 0. The standard InChI is InChI=1S/C16H28ClNO2/c1-6-20-8-7-18(14(19)11-17)13-9-15(2,3)12-16(4,5)10-13/h9H,6-8,10-12H2,1-5H3. The summed E-state index contributed by atoms with van der Waals surface area (Å²) in [5.41, 5.74) is 1.40. The zero-order valence-corrected chi connectivity index (χ0v) is 14.2. The largest absolute Gasteiger partial charge is 0.380 e. The van der Waals surface area contributed by atoms with E-state index in [-0.39, 0.29) is 22.6 Å². The number of alkyl halides is 1. The van der Waals surface area contributed by atoms with Gasteiger partial charge in [0.25, 0.3) is 0 Å². The summed E-state index contributed by atoms with van der Waals surface area (Å²) in [7, 11) is 0. The van der Waals surface area contributed by atoms with Crippen molar-refractivity contribution >= 4 is 17.5 Å². The molecule has 3 nitrogen and oxygen atoms in total. The third kappa shape index (κ3) is 5.10. The third-order valence-corrected chi connectivity index (χ3v) is 3.81. The molecule has 1 aliphatic rings. The SMILES string of the molecule is CCOCCN(C(=O)CCl)C1=CC(C)(C)CC(C)(C)C1. The maximum Gasteiger partial charge on any atom is 0.241 e. The van der Waals surface area contributed by atoms with Gasteiger partial charge in [-0.2, -0.15) is 0 Å². The van der Waals surface area contributed by atoms with E-state index in [1.165, 1.54) is 0 Å². The van der Waals surface area contributed by atoms with Gasteiger partial charge in [0, 0.05) is 18.8 Å². The molecule has 0 aromatic heterocycles. The topological polar surface area (TPSA) is 29.5 Å². The molecule has 0 saturated carbocycles. The number of carbonyl (C=O) groups is 1. The second-order valence-corrected chi connectivity index (χ2v) is 7.29. The fourth-order valence-corrected chi connectivity index (χ4v) is 3.46. The fourth-order valence-electron chi connectivity index (χ4n) is 3.31. The Bertz CT molecular complexity index is 375. The van der Waals surface area contributed by atoms with E-state index in [1.807, 2.05) is 11.8 Å². The minimum absolute atomic E-state index is 0.0182. The van der Waals surface area contributed by atoms with Gasteiger partial charge in [0.1, 0.15) is 5.88 Å². The average Bonchev–Trinajstić information content (AvgIpc) is 2.30. The molecule has 116 valence electrons. The van der Waals surface area contributed by atoms with Crippen LogP contribution in [-0.4, -0.2) is 36.4 Å². The molecule has 0 aromatic rings. The van der Waals surface area contributed by atoms with Crippen LogP contribution in [0.4, 0.5) is 0 Å². The minimum Gasteiger partial charge on any atom is -0.380 e. The zero-order valence-electron chi connectivity index (χ0n) is 13.5. The van der Waals surface area contributed by atoms with Crippen molar-refractivity contribution in [2.24, 2.45) is 10.8 Å². The Labute approximate surface area is 128 Å². The van der Waals surface area contributed by atoms with E-state index < -0.39 is 0 Å². The first-order valence-electron chi connectivity index (χ1n) is 7.36. The highest BCUT2D eigenvalue weighted by Crippen LogP contribution is 2.45. The van der Waals surface area contributed by atoms with Gasteiger partial charge in [-0.25, -0.2) is 0 Å². The summed E-state index contributed by atoms with van der Waals surface area (Å²) in [4.78, 5) is 13.9. The maximum absolute atomic E-state index is 12.1. The molecular formula is C16H28ClNO2. The molecule has 0 fully saturated rings. The molecular weight excluding hydrogens is 274 g/mol. The van der Waals surface area contributed by atoms with Gasteiger partial charge in [-0.1, -0.05) is 33.8 Å². The van der Waals surface area contributed by atoms with Crippen LogP contribution in [0.2, 0.25) is 0 Å². The van der Waals surface area contributed by atoms with E-state index in [0.717, 1.165) is 18.5 Å². The number of halogens is 1. The van der Waals surface area contributed by atoms with Crippen LogP contribution < -0.4 is 0 Å². The highest BCUT2D eigenvalue weighted by molar-refractivity contribution is 6.27. The second kappa shape index (κ2) is 6.95. The molecule has 0 heterocycles. The summed E-state index contributed by atoms with van der Waals surface area (Å²) >= 11 is 5.76. The highest BCUT2D eigenvalue weighted by Gasteiger charge is 2.35. The summed E-state index contributed by atoms with van der Waals surface area (Å²) in [5, 5.41) is 0. The van der Waals surface area contributed by atoms with E-state index in [9.17, 15) is 4.79 Å². The van der Waals surface area contributed by atoms with Crippen LogP contribution in [0.25, 0.3) is 0 Å². The molecule has 0 saturated heterocycles. The number of hydrogen-bond acceptors (Lipinski definition) is 2. The quantitative estimate of drug-likeness (QED) is 0.551. The molecule has 0 unspecified atom stereocenters. The summed E-state index contributed by atoms with van der Waals surface area (Å²) in [6.07, 6.45) is 4.26. The average molecular weight is 302 g/mol. The molecule has 0 bridgehead atoms. The maximum atomic E-state index is 12.1. The van der Waals surface area contributed by atoms with Crippen molar-refractivity contribution in [1.82, 2.24) is 4.90 Å². The van der Waals surface area contributed by atoms with Crippen molar-refractivity contribution in [1.29, 1.82) is 0 Å². The lowest BCUT2D eigenvalue weighted by atomic mass is 9.68. The number of amides is 1. The summed E-state index contributed by atoms with van der Waals surface area (Å²) < 4.78 is 5.39. The van der Waals surface area contributed by atoms with Crippen molar-refractivity contribution < 1.29 is 9.53 Å². The number of allylic oxidation sites excluding steroid dienone is 2. The van der Waals surface area contributed by atoms with Gasteiger partial charge in [0.05, 0.1) is 6.61 Å². The van der Waals surface area contributed by atoms with Crippen molar-refractivity contribution in [2.75, 3.05) is 25.6 Å². The number of carbonyl (C=O) groups excluding carboxylic acids is 1. The lowest BCUT2D eigenvalue weighted by molar-refractivity contribution is -0.127. The monoisotopic (exact) mass is 301 g/mol. The van der Waals surface area contributed by atoms with E-state index in [1.54, 1.807) is 0 Å². The van der Waals surface area contributed by atoms with Gasteiger partial charge < -0.3 is 9.64 Å². The number of rotatable bonds is 6. The molecule has 4 heteroatoms. The van der Waals surface area contributed by atoms with E-state index in [2.05, 4.69) is 33.8 Å². The molecule has 0 radical (unpaired) electrons. The Morgan fingerprint density at radius 1 is 1.40 bits per heavy atom. The molecule has 1 amide bonds. The molecule has 0 N–H and O–H groups in total. The van der Waals surface area contributed by atoms with E-state index >= 15 is 0 Å². The molecule has 0 spiro atoms. The van der Waals surface area contributed by atoms with Gasteiger partial charge in [0.2, 0.25) is 5.91 Å². The van der Waals surface area contributed by atoms with Crippen LogP contribution in [0.5, 0.6) is 0 Å². The van der Waals surface area contributed by atoms with Gasteiger partial charge in [-0.05, 0) is 30.6 Å². The predicted octanol–water partition coefficient (Wildman–Crippen LogP) is 3.82. The smallest absolute Gasteiger partial charge is 0.241 e. The Balaban J connectivity index is 2.94. The molecule has 0 aromatic carbocycles. The van der Waals surface area contributed by atoms with Gasteiger partial charge >= 0.3 is 0 Å². The lowest BCUT2D eigenvalue weighted by Crippen LogP contribution is -2.39.